The van der Waals surface area contributed by atoms with E-state index in [0.29, 0.717) is 16.7 Å². The van der Waals surface area contributed by atoms with Gasteiger partial charge in [0.1, 0.15) is 11.6 Å². The van der Waals surface area contributed by atoms with Crippen molar-refractivity contribution in [3.63, 3.8) is 0 Å². The number of nitrogens with one attached hydrogen (secondary N) is 1. The van der Waals surface area contributed by atoms with Gasteiger partial charge in [-0.2, -0.15) is 5.26 Å². The lowest BCUT2D eigenvalue weighted by Crippen LogP contribution is -2.40. The molecule has 1 N–H and O–H groups in total. The van der Waals surface area contributed by atoms with Gasteiger partial charge in [0.25, 0.3) is 5.91 Å². The van der Waals surface area contributed by atoms with Gasteiger partial charge in [0.15, 0.2) is 0 Å². The van der Waals surface area contributed by atoms with Gasteiger partial charge in [-0.05, 0) is 36.8 Å². The zero-order valence-corrected chi connectivity index (χ0v) is 16.0. The lowest BCUT2D eigenvalue weighted by Gasteiger charge is -2.22. The Bertz CT molecular complexity index is 1130. The third-order valence-electron chi connectivity index (χ3n) is 4.88. The zero-order chi connectivity index (χ0) is 19.2. The molecule has 0 spiro atoms. The molecule has 1 aliphatic rings. The number of carbonyl (C=O) groups is 2. The van der Waals surface area contributed by atoms with Crippen molar-refractivity contribution < 1.29 is 9.59 Å². The normalized spacial score (nSPS) is 19.4. The predicted octanol–water partition coefficient (Wildman–Crippen LogP) is 3.54. The van der Waals surface area contributed by atoms with Crippen molar-refractivity contribution >= 4 is 33.4 Å². The lowest BCUT2D eigenvalue weighted by atomic mass is 9.92. The summed E-state index contributed by atoms with van der Waals surface area (Å²) in [7, 11) is 0. The molecule has 1 aliphatic heterocycles. The van der Waals surface area contributed by atoms with E-state index < -0.39 is 11.6 Å². The van der Waals surface area contributed by atoms with E-state index in [2.05, 4.69) is 27.3 Å². The largest absolute Gasteiger partial charge is 0.325 e. The molecule has 2 aromatic heterocycles. The molecule has 0 aliphatic carbocycles. The highest BCUT2D eigenvalue weighted by Crippen LogP contribution is 2.32. The first-order valence-corrected chi connectivity index (χ1v) is 9.12. The summed E-state index contributed by atoms with van der Waals surface area (Å²) in [6.45, 7) is 1.73. The number of fused-ring (bicyclic) bond motifs is 1. The molecule has 3 aromatic rings. The van der Waals surface area contributed by atoms with Gasteiger partial charge < -0.3 is 9.72 Å². The zero-order valence-electron chi connectivity index (χ0n) is 14.4. The quantitative estimate of drug-likeness (QED) is 0.655. The van der Waals surface area contributed by atoms with Crippen LogP contribution in [0.5, 0.6) is 0 Å². The number of pyridine rings is 1. The molecule has 1 atom stereocenters. The number of hydrogen-bond donors (Lipinski definition) is 1. The number of halogens is 1. The fourth-order valence-corrected chi connectivity index (χ4v) is 3.83. The molecule has 1 saturated heterocycles. The van der Waals surface area contributed by atoms with Gasteiger partial charge in [-0.15, -0.1) is 0 Å². The fourth-order valence-electron chi connectivity index (χ4n) is 3.43. The van der Waals surface area contributed by atoms with Crippen LogP contribution in [0.1, 0.15) is 23.6 Å². The van der Waals surface area contributed by atoms with Crippen molar-refractivity contribution in [2.24, 2.45) is 0 Å². The molecule has 27 heavy (non-hydrogen) atoms. The Balaban J connectivity index is 1.71. The van der Waals surface area contributed by atoms with E-state index in [1.165, 1.54) is 0 Å². The summed E-state index contributed by atoms with van der Waals surface area (Å²) in [6.07, 6.45) is 3.61. The van der Waals surface area contributed by atoms with Crippen molar-refractivity contribution in [1.82, 2.24) is 14.6 Å². The second-order valence-corrected chi connectivity index (χ2v) is 7.51. The molecule has 0 radical (unpaired) electrons. The Morgan fingerprint density at radius 1 is 1.22 bits per heavy atom. The maximum atomic E-state index is 13.1. The molecule has 4 rings (SSSR count). The Kier molecular flexibility index (Phi) is 4.01. The van der Waals surface area contributed by atoms with E-state index in [9.17, 15) is 14.9 Å². The Labute approximate surface area is 164 Å². The standard InChI is InChI=1S/C20H15BrN4O2/c1-20(14-5-4-6-15(21)9-14)18(26)25(19(27)23-20)12-13-11-24-8-3-2-7-17(24)16(13)10-22/h2-9,11H,12H2,1H3,(H,23,27)/t20-/m0/s1. The number of carbonyl (C=O) groups excluding carboxylic acids is 2. The first-order valence-electron chi connectivity index (χ1n) is 8.33. The summed E-state index contributed by atoms with van der Waals surface area (Å²) < 4.78 is 2.65. The van der Waals surface area contributed by atoms with Crippen molar-refractivity contribution in [2.75, 3.05) is 0 Å². The number of rotatable bonds is 3. The number of nitrogens with zero attached hydrogens (tertiary/aromatic N) is 3. The van der Waals surface area contributed by atoms with E-state index in [1.54, 1.807) is 19.2 Å². The van der Waals surface area contributed by atoms with E-state index in [0.717, 1.165) is 14.9 Å². The third kappa shape index (κ3) is 2.69. The number of imide groups is 1. The van der Waals surface area contributed by atoms with Crippen LogP contribution in [0.3, 0.4) is 0 Å². The highest BCUT2D eigenvalue weighted by atomic mass is 79.9. The summed E-state index contributed by atoms with van der Waals surface area (Å²) in [4.78, 5) is 26.8. The number of nitriles is 1. The van der Waals surface area contributed by atoms with Gasteiger partial charge in [0, 0.05) is 22.4 Å². The summed E-state index contributed by atoms with van der Waals surface area (Å²) in [5, 5.41) is 12.3. The van der Waals surface area contributed by atoms with Crippen LogP contribution in [0.25, 0.3) is 5.52 Å². The van der Waals surface area contributed by atoms with E-state index in [4.69, 9.17) is 0 Å². The minimum atomic E-state index is -1.15. The van der Waals surface area contributed by atoms with Crippen molar-refractivity contribution in [1.29, 1.82) is 5.26 Å². The highest BCUT2D eigenvalue weighted by molar-refractivity contribution is 9.10. The maximum Gasteiger partial charge on any atom is 0.325 e. The smallest absolute Gasteiger partial charge is 0.322 e. The molecular weight excluding hydrogens is 408 g/mol. The Morgan fingerprint density at radius 2 is 2.04 bits per heavy atom. The number of aromatic nitrogens is 1. The number of amides is 3. The van der Waals surface area contributed by atoms with Crippen LogP contribution in [0, 0.1) is 11.3 Å². The van der Waals surface area contributed by atoms with Gasteiger partial charge in [0.05, 0.1) is 17.6 Å². The van der Waals surface area contributed by atoms with Crippen LogP contribution in [-0.2, 0) is 16.9 Å². The second kappa shape index (κ2) is 6.25. The summed E-state index contributed by atoms with van der Waals surface area (Å²) in [5.41, 5.74) is 1.39. The molecule has 7 heteroatoms. The minimum absolute atomic E-state index is 0.0405. The van der Waals surface area contributed by atoms with Crippen LogP contribution in [0.4, 0.5) is 4.79 Å². The number of hydrogen-bond acceptors (Lipinski definition) is 3. The predicted molar refractivity (Wildman–Crippen MR) is 103 cm³/mol. The third-order valence-corrected chi connectivity index (χ3v) is 5.37. The monoisotopic (exact) mass is 422 g/mol. The summed E-state index contributed by atoms with van der Waals surface area (Å²) in [6, 6.07) is 14.5. The molecule has 0 saturated carbocycles. The molecule has 0 unspecified atom stereocenters. The van der Waals surface area contributed by atoms with Crippen molar-refractivity contribution in [3.8, 4) is 6.07 Å². The lowest BCUT2D eigenvalue weighted by molar-refractivity contribution is -0.131. The SMILES string of the molecule is C[C@@]1(c2cccc(Br)c2)NC(=O)N(Cc2cn3ccccc3c2C#N)C1=O. The van der Waals surface area contributed by atoms with E-state index in [-0.39, 0.29) is 12.5 Å². The number of urea groups is 1. The molecular formula is C20H15BrN4O2. The highest BCUT2D eigenvalue weighted by Gasteiger charge is 2.49. The average molecular weight is 423 g/mol. The van der Waals surface area contributed by atoms with Crippen LogP contribution in [0.15, 0.2) is 59.3 Å². The molecule has 3 amide bonds. The van der Waals surface area contributed by atoms with Gasteiger partial charge in [0.2, 0.25) is 0 Å². The van der Waals surface area contributed by atoms with Gasteiger partial charge in [-0.25, -0.2) is 4.79 Å². The summed E-state index contributed by atoms with van der Waals surface area (Å²) in [5.74, 6) is -0.343. The minimum Gasteiger partial charge on any atom is -0.322 e. The van der Waals surface area contributed by atoms with E-state index >= 15 is 0 Å². The van der Waals surface area contributed by atoms with Crippen LogP contribution < -0.4 is 5.32 Å². The molecule has 1 fully saturated rings. The van der Waals surface area contributed by atoms with Gasteiger partial charge >= 0.3 is 6.03 Å². The van der Waals surface area contributed by atoms with Crippen LogP contribution >= 0.6 is 15.9 Å². The summed E-state index contributed by atoms with van der Waals surface area (Å²) >= 11 is 3.40. The van der Waals surface area contributed by atoms with Crippen LogP contribution in [0.2, 0.25) is 0 Å². The average Bonchev–Trinajstić information content (AvgIpc) is 3.12. The van der Waals surface area contributed by atoms with Gasteiger partial charge in [-0.1, -0.05) is 34.1 Å². The van der Waals surface area contributed by atoms with E-state index in [1.807, 2.05) is 47.0 Å². The fraction of sp³-hybridized carbons (Fsp3) is 0.150. The second-order valence-electron chi connectivity index (χ2n) is 6.59. The Morgan fingerprint density at radius 3 is 2.78 bits per heavy atom. The van der Waals surface area contributed by atoms with Crippen LogP contribution in [-0.4, -0.2) is 21.2 Å². The molecule has 134 valence electrons. The Hall–Kier alpha value is -3.11. The molecule has 0 bridgehead atoms. The molecule has 3 heterocycles. The molecule has 1 aromatic carbocycles. The topological polar surface area (TPSA) is 77.6 Å². The van der Waals surface area contributed by atoms with Crippen molar-refractivity contribution in [3.05, 3.63) is 76.0 Å². The first-order chi connectivity index (χ1) is 12.9. The first kappa shape index (κ1) is 17.3. The maximum absolute atomic E-state index is 13.1. The molecule has 6 nitrogen and oxygen atoms in total. The van der Waals surface area contributed by atoms with Gasteiger partial charge in [-0.3, -0.25) is 9.69 Å². The number of benzene rings is 1. The van der Waals surface area contributed by atoms with Crippen molar-refractivity contribution in [2.45, 2.75) is 19.0 Å².